The van der Waals surface area contributed by atoms with E-state index in [9.17, 15) is 12.8 Å². The van der Waals surface area contributed by atoms with Gasteiger partial charge in [-0.25, -0.2) is 12.8 Å². The molecule has 1 aromatic rings. The lowest BCUT2D eigenvalue weighted by Crippen LogP contribution is -2.39. The number of nitrogens with zero attached hydrogens (tertiary/aromatic N) is 1. The molecule has 1 heterocycles. The average molecular weight is 272 g/mol. The van der Waals surface area contributed by atoms with Gasteiger partial charge in [0.15, 0.2) is 9.84 Å². The Morgan fingerprint density at radius 1 is 1.22 bits per heavy atom. The number of benzene rings is 1. The molecule has 0 bridgehead atoms. The highest BCUT2D eigenvalue weighted by molar-refractivity contribution is 7.91. The second-order valence-corrected chi connectivity index (χ2v) is 6.85. The lowest BCUT2D eigenvalue weighted by Gasteiger charge is -2.27. The van der Waals surface area contributed by atoms with Gasteiger partial charge in [0.25, 0.3) is 0 Å². The Balaban J connectivity index is 2.08. The van der Waals surface area contributed by atoms with Crippen LogP contribution in [0.5, 0.6) is 0 Å². The first-order valence-electron chi connectivity index (χ1n) is 5.90. The number of hydrogen-bond donors (Lipinski definition) is 1. The van der Waals surface area contributed by atoms with Crippen LogP contribution in [-0.4, -0.2) is 37.9 Å². The van der Waals surface area contributed by atoms with Crippen molar-refractivity contribution < 1.29 is 12.8 Å². The predicted molar refractivity (Wildman–Crippen MR) is 68.2 cm³/mol. The molecule has 0 aliphatic carbocycles. The second kappa shape index (κ2) is 5.34. The molecule has 0 unspecified atom stereocenters. The summed E-state index contributed by atoms with van der Waals surface area (Å²) in [6.07, 6.45) is 0. The van der Waals surface area contributed by atoms with Crippen molar-refractivity contribution in [1.82, 2.24) is 4.90 Å². The molecule has 18 heavy (non-hydrogen) atoms. The van der Waals surface area contributed by atoms with E-state index in [1.165, 1.54) is 12.1 Å². The van der Waals surface area contributed by atoms with Crippen LogP contribution in [-0.2, 0) is 22.9 Å². The molecule has 0 aromatic heterocycles. The van der Waals surface area contributed by atoms with Crippen molar-refractivity contribution in [3.63, 3.8) is 0 Å². The van der Waals surface area contributed by atoms with Gasteiger partial charge in [0.2, 0.25) is 0 Å². The topological polar surface area (TPSA) is 63.4 Å². The zero-order valence-electron chi connectivity index (χ0n) is 10.1. The van der Waals surface area contributed by atoms with Gasteiger partial charge in [-0.15, -0.1) is 0 Å². The number of rotatable bonds is 3. The minimum atomic E-state index is -2.87. The van der Waals surface area contributed by atoms with Crippen molar-refractivity contribution in [3.8, 4) is 0 Å². The number of halogens is 1. The maximum absolute atomic E-state index is 13.2. The molecule has 0 atom stereocenters. The fourth-order valence-electron chi connectivity index (χ4n) is 2.09. The Labute approximate surface area is 107 Å². The summed E-state index contributed by atoms with van der Waals surface area (Å²) in [5.41, 5.74) is 7.36. The van der Waals surface area contributed by atoms with E-state index in [-0.39, 0.29) is 17.3 Å². The Bertz CT molecular complexity index is 517. The van der Waals surface area contributed by atoms with Gasteiger partial charge in [0.05, 0.1) is 11.5 Å². The highest BCUT2D eigenvalue weighted by Gasteiger charge is 2.22. The molecular formula is C12H17FN2O2S. The van der Waals surface area contributed by atoms with Crippen molar-refractivity contribution in [2.24, 2.45) is 5.73 Å². The van der Waals surface area contributed by atoms with Crippen LogP contribution in [0.25, 0.3) is 0 Å². The summed E-state index contributed by atoms with van der Waals surface area (Å²) in [6, 6.07) is 4.56. The largest absolute Gasteiger partial charge is 0.326 e. The van der Waals surface area contributed by atoms with Gasteiger partial charge in [-0.3, -0.25) is 4.90 Å². The maximum Gasteiger partial charge on any atom is 0.152 e. The van der Waals surface area contributed by atoms with Crippen molar-refractivity contribution in [2.45, 2.75) is 13.1 Å². The molecule has 1 saturated heterocycles. The second-order valence-electron chi connectivity index (χ2n) is 4.55. The summed E-state index contributed by atoms with van der Waals surface area (Å²) in [5, 5.41) is 0. The van der Waals surface area contributed by atoms with Gasteiger partial charge in [-0.1, -0.05) is 6.07 Å². The van der Waals surface area contributed by atoms with Crippen LogP contribution in [0.3, 0.4) is 0 Å². The molecule has 6 heteroatoms. The highest BCUT2D eigenvalue weighted by atomic mass is 32.2. The third-order valence-electron chi connectivity index (χ3n) is 3.22. The van der Waals surface area contributed by atoms with Gasteiger partial charge in [-0.05, 0) is 23.3 Å². The fraction of sp³-hybridized carbons (Fsp3) is 0.500. The van der Waals surface area contributed by atoms with Crippen LogP contribution in [0.2, 0.25) is 0 Å². The van der Waals surface area contributed by atoms with Crippen LogP contribution in [0.15, 0.2) is 18.2 Å². The summed E-state index contributed by atoms with van der Waals surface area (Å²) in [5.74, 6) is 0.0763. The fourth-order valence-corrected chi connectivity index (χ4v) is 3.37. The highest BCUT2D eigenvalue weighted by Crippen LogP contribution is 2.15. The predicted octanol–water partition coefficient (Wildman–Crippen LogP) is 0.515. The maximum atomic E-state index is 13.2. The van der Waals surface area contributed by atoms with Gasteiger partial charge >= 0.3 is 0 Å². The molecule has 0 spiro atoms. The molecule has 4 nitrogen and oxygen atoms in total. The smallest absolute Gasteiger partial charge is 0.152 e. The Morgan fingerprint density at radius 2 is 1.89 bits per heavy atom. The number of sulfone groups is 1. The van der Waals surface area contributed by atoms with E-state index >= 15 is 0 Å². The lowest BCUT2D eigenvalue weighted by molar-refractivity contribution is 0.286. The third-order valence-corrected chi connectivity index (χ3v) is 4.83. The van der Waals surface area contributed by atoms with E-state index in [2.05, 4.69) is 0 Å². The molecule has 2 rings (SSSR count). The molecule has 0 amide bonds. The summed E-state index contributed by atoms with van der Waals surface area (Å²) >= 11 is 0. The minimum Gasteiger partial charge on any atom is -0.326 e. The Hall–Kier alpha value is -0.980. The van der Waals surface area contributed by atoms with E-state index in [1.54, 1.807) is 6.07 Å². The zero-order chi connectivity index (χ0) is 13.2. The molecule has 1 aliphatic rings. The third kappa shape index (κ3) is 3.28. The van der Waals surface area contributed by atoms with Gasteiger partial charge in [0, 0.05) is 26.2 Å². The molecule has 2 N–H and O–H groups in total. The van der Waals surface area contributed by atoms with Gasteiger partial charge in [0.1, 0.15) is 5.82 Å². The van der Waals surface area contributed by atoms with E-state index < -0.39 is 9.84 Å². The summed E-state index contributed by atoms with van der Waals surface area (Å²) < 4.78 is 35.8. The molecule has 1 aromatic carbocycles. The molecule has 1 fully saturated rings. The van der Waals surface area contributed by atoms with Crippen LogP contribution < -0.4 is 5.73 Å². The van der Waals surface area contributed by atoms with Crippen LogP contribution in [0.4, 0.5) is 4.39 Å². The monoisotopic (exact) mass is 272 g/mol. The van der Waals surface area contributed by atoms with Crippen LogP contribution >= 0.6 is 0 Å². The molecule has 0 radical (unpaired) electrons. The van der Waals surface area contributed by atoms with Gasteiger partial charge in [-0.2, -0.15) is 0 Å². The van der Waals surface area contributed by atoms with E-state index in [0.717, 1.165) is 11.1 Å². The van der Waals surface area contributed by atoms with Gasteiger partial charge < -0.3 is 5.73 Å². The Kier molecular flexibility index (Phi) is 3.99. The molecule has 100 valence electrons. The molecule has 0 saturated carbocycles. The molecular weight excluding hydrogens is 255 g/mol. The van der Waals surface area contributed by atoms with Crippen molar-refractivity contribution in [2.75, 3.05) is 24.6 Å². The summed E-state index contributed by atoms with van der Waals surface area (Å²) in [6.45, 7) is 1.92. The van der Waals surface area contributed by atoms with E-state index in [0.29, 0.717) is 26.2 Å². The number of nitrogens with two attached hydrogens (primary N) is 1. The first-order chi connectivity index (χ1) is 8.50. The quantitative estimate of drug-likeness (QED) is 0.871. The molecule has 1 aliphatic heterocycles. The average Bonchev–Trinajstić information content (AvgIpc) is 2.32. The first kappa shape index (κ1) is 13.5. The Morgan fingerprint density at radius 3 is 2.50 bits per heavy atom. The van der Waals surface area contributed by atoms with E-state index in [4.69, 9.17) is 5.73 Å². The zero-order valence-corrected chi connectivity index (χ0v) is 10.9. The standard InChI is InChI=1S/C12H17FN2O2S/c13-12-2-1-10(8-14)11(7-12)9-15-3-5-18(16,17)6-4-15/h1-2,7H,3-6,8-9,14H2. The van der Waals surface area contributed by atoms with Crippen molar-refractivity contribution in [3.05, 3.63) is 35.1 Å². The van der Waals surface area contributed by atoms with E-state index in [1.807, 2.05) is 4.90 Å². The summed E-state index contributed by atoms with van der Waals surface area (Å²) in [4.78, 5) is 2.02. The SMILES string of the molecule is NCc1ccc(F)cc1CN1CCS(=O)(=O)CC1. The normalized spacial score (nSPS) is 19.9. The number of hydrogen-bond acceptors (Lipinski definition) is 4. The minimum absolute atomic E-state index is 0.181. The van der Waals surface area contributed by atoms with Crippen LogP contribution in [0, 0.1) is 5.82 Å². The lowest BCUT2D eigenvalue weighted by atomic mass is 10.1. The first-order valence-corrected chi connectivity index (χ1v) is 7.72. The summed E-state index contributed by atoms with van der Waals surface area (Å²) in [7, 11) is -2.87. The van der Waals surface area contributed by atoms with Crippen LogP contribution in [0.1, 0.15) is 11.1 Å². The van der Waals surface area contributed by atoms with Crippen molar-refractivity contribution in [1.29, 1.82) is 0 Å². The van der Waals surface area contributed by atoms with Crippen molar-refractivity contribution >= 4 is 9.84 Å².